The molecule has 1 fully saturated rings. The van der Waals surface area contributed by atoms with E-state index in [1.807, 2.05) is 43.1 Å². The molecule has 8 nitrogen and oxygen atoms in total. The van der Waals surface area contributed by atoms with Crippen LogP contribution in [-0.4, -0.2) is 36.4 Å². The molecule has 0 bridgehead atoms. The zero-order valence-corrected chi connectivity index (χ0v) is 19.9. The molecule has 2 aromatic heterocycles. The largest absolute Gasteiger partial charge is 0.495 e. The molecular weight excluding hydrogens is 446 g/mol. The van der Waals surface area contributed by atoms with Crippen LogP contribution in [0.1, 0.15) is 29.2 Å². The Hall–Kier alpha value is -3.11. The number of aryl methyl sites for hydroxylation is 1. The van der Waals surface area contributed by atoms with Crippen molar-refractivity contribution < 1.29 is 13.2 Å². The minimum atomic E-state index is -3.50. The van der Waals surface area contributed by atoms with Crippen LogP contribution in [0.25, 0.3) is 0 Å². The van der Waals surface area contributed by atoms with E-state index in [-0.39, 0.29) is 12.1 Å². The molecule has 1 aliphatic rings. The minimum Gasteiger partial charge on any atom is -0.495 e. The van der Waals surface area contributed by atoms with E-state index < -0.39 is 10.0 Å². The van der Waals surface area contributed by atoms with Crippen molar-refractivity contribution in [2.24, 2.45) is 7.05 Å². The van der Waals surface area contributed by atoms with E-state index >= 15 is 0 Å². The summed E-state index contributed by atoms with van der Waals surface area (Å²) in [5.74, 6) is 0.421. The summed E-state index contributed by atoms with van der Waals surface area (Å²) < 4.78 is 33.8. The highest BCUT2D eigenvalue weighted by Crippen LogP contribution is 2.43. The Bertz CT molecular complexity index is 1260. The van der Waals surface area contributed by atoms with Crippen LogP contribution in [0.15, 0.2) is 54.7 Å². The maximum Gasteiger partial charge on any atom is 0.229 e. The lowest BCUT2D eigenvalue weighted by molar-refractivity contribution is 0.417. The quantitative estimate of drug-likeness (QED) is 0.534. The van der Waals surface area contributed by atoms with Crippen LogP contribution >= 0.6 is 12.2 Å². The number of ether oxygens (including phenoxy) is 1. The number of nitrogens with one attached hydrogen (secondary N) is 2. The van der Waals surface area contributed by atoms with E-state index in [1.165, 1.54) is 7.11 Å². The van der Waals surface area contributed by atoms with Gasteiger partial charge in [-0.2, -0.15) is 0 Å². The maximum atomic E-state index is 11.9. The van der Waals surface area contributed by atoms with Crippen LogP contribution in [0.5, 0.6) is 5.75 Å². The molecule has 0 saturated carbocycles. The predicted molar refractivity (Wildman–Crippen MR) is 130 cm³/mol. The molecule has 0 aliphatic carbocycles. The van der Waals surface area contributed by atoms with Gasteiger partial charge >= 0.3 is 0 Å². The van der Waals surface area contributed by atoms with Crippen molar-refractivity contribution in [3.63, 3.8) is 0 Å². The lowest BCUT2D eigenvalue weighted by Crippen LogP contribution is -2.30. The normalized spacial score (nSPS) is 18.5. The number of rotatable bonds is 6. The third-order valence-electron chi connectivity index (χ3n) is 5.57. The van der Waals surface area contributed by atoms with Gasteiger partial charge in [-0.3, -0.25) is 9.71 Å². The third kappa shape index (κ3) is 4.15. The van der Waals surface area contributed by atoms with E-state index in [9.17, 15) is 8.42 Å². The highest BCUT2D eigenvalue weighted by atomic mass is 32.2. The van der Waals surface area contributed by atoms with Crippen LogP contribution in [0, 0.1) is 6.92 Å². The van der Waals surface area contributed by atoms with Crippen molar-refractivity contribution >= 4 is 38.7 Å². The molecule has 0 amide bonds. The predicted octanol–water partition coefficient (Wildman–Crippen LogP) is 3.29. The van der Waals surface area contributed by atoms with Gasteiger partial charge in [0.05, 0.1) is 30.8 Å². The van der Waals surface area contributed by atoms with Gasteiger partial charge in [-0.05, 0) is 61.6 Å². The number of methoxy groups -OCH3 is 1. The summed E-state index contributed by atoms with van der Waals surface area (Å²) in [6, 6.07) is 14.9. The van der Waals surface area contributed by atoms with Crippen LogP contribution in [-0.2, 0) is 17.1 Å². The zero-order valence-electron chi connectivity index (χ0n) is 18.2. The van der Waals surface area contributed by atoms with Crippen LogP contribution in [0.4, 0.5) is 11.4 Å². The molecule has 1 aliphatic heterocycles. The van der Waals surface area contributed by atoms with Crippen molar-refractivity contribution in [2.45, 2.75) is 19.0 Å². The van der Waals surface area contributed by atoms with E-state index in [0.29, 0.717) is 16.5 Å². The van der Waals surface area contributed by atoms with Gasteiger partial charge in [0.25, 0.3) is 0 Å². The summed E-state index contributed by atoms with van der Waals surface area (Å²) in [6.07, 6.45) is 2.87. The van der Waals surface area contributed by atoms with E-state index in [4.69, 9.17) is 17.0 Å². The van der Waals surface area contributed by atoms with Gasteiger partial charge in [0.1, 0.15) is 11.8 Å². The molecule has 32 heavy (non-hydrogen) atoms. The first-order chi connectivity index (χ1) is 15.2. The monoisotopic (exact) mass is 471 g/mol. The number of hydrogen-bond donors (Lipinski definition) is 2. The molecule has 2 N–H and O–H groups in total. The maximum absolute atomic E-state index is 11.9. The molecule has 3 aromatic rings. The fourth-order valence-corrected chi connectivity index (χ4v) is 4.89. The lowest BCUT2D eigenvalue weighted by Gasteiger charge is -2.29. The molecule has 168 valence electrons. The number of nitrogens with zero attached hydrogens (tertiary/aromatic N) is 3. The first-order valence-electron chi connectivity index (χ1n) is 9.98. The molecule has 0 spiro atoms. The smallest absolute Gasteiger partial charge is 0.229 e. The van der Waals surface area contributed by atoms with Crippen molar-refractivity contribution in [2.75, 3.05) is 23.0 Å². The van der Waals surface area contributed by atoms with Gasteiger partial charge in [-0.1, -0.05) is 6.07 Å². The van der Waals surface area contributed by atoms with Gasteiger partial charge in [-0.25, -0.2) is 8.42 Å². The first kappa shape index (κ1) is 22.1. The van der Waals surface area contributed by atoms with Gasteiger partial charge < -0.3 is 19.5 Å². The standard InChI is InChI=1S/C22H25N5O3S2/c1-14-8-10-18(26(14)2)21-20(16-7-5-6-12-23-16)24-22(31)27(21)15-9-11-19(30-3)17(13-15)25-32(4,28)29/h5-13,20-21,25H,1-4H3,(H,24,31)/t20-,21-/m1/s1. The molecule has 2 atom stereocenters. The Morgan fingerprint density at radius 3 is 2.56 bits per heavy atom. The van der Waals surface area contributed by atoms with Gasteiger partial charge in [0.2, 0.25) is 10.0 Å². The van der Waals surface area contributed by atoms with Gasteiger partial charge in [0.15, 0.2) is 5.11 Å². The molecule has 1 saturated heterocycles. The number of aromatic nitrogens is 2. The zero-order chi connectivity index (χ0) is 23.0. The SMILES string of the molecule is COc1ccc(N2C(=S)N[C@H](c3ccccn3)[C@H]2c2ccc(C)n2C)cc1NS(C)(=O)=O. The number of benzene rings is 1. The molecule has 0 unspecified atom stereocenters. The van der Waals surface area contributed by atoms with Crippen LogP contribution in [0.3, 0.4) is 0 Å². The van der Waals surface area contributed by atoms with Crippen LogP contribution in [0.2, 0.25) is 0 Å². The number of hydrogen-bond acceptors (Lipinski definition) is 5. The van der Waals surface area contributed by atoms with Crippen molar-refractivity contribution in [3.8, 4) is 5.75 Å². The van der Waals surface area contributed by atoms with Gasteiger partial charge in [-0.15, -0.1) is 0 Å². The Morgan fingerprint density at radius 2 is 1.97 bits per heavy atom. The molecular formula is C22H25N5O3S2. The van der Waals surface area contributed by atoms with E-state index in [1.54, 1.807) is 18.3 Å². The number of thiocarbonyl (C=S) groups is 1. The summed E-state index contributed by atoms with van der Waals surface area (Å²) in [4.78, 5) is 6.56. The highest BCUT2D eigenvalue weighted by Gasteiger charge is 2.42. The Kier molecular flexibility index (Phi) is 5.83. The van der Waals surface area contributed by atoms with E-state index in [0.717, 1.165) is 29.0 Å². The Morgan fingerprint density at radius 1 is 1.19 bits per heavy atom. The second-order valence-electron chi connectivity index (χ2n) is 7.71. The molecule has 1 aromatic carbocycles. The minimum absolute atomic E-state index is 0.190. The summed E-state index contributed by atoms with van der Waals surface area (Å²) in [6.45, 7) is 2.05. The van der Waals surface area contributed by atoms with E-state index in [2.05, 4.69) is 31.7 Å². The Labute approximate surface area is 193 Å². The summed E-state index contributed by atoms with van der Waals surface area (Å²) in [7, 11) is 0.0179. The molecule has 10 heteroatoms. The van der Waals surface area contributed by atoms with Gasteiger partial charge in [0, 0.05) is 30.3 Å². The fraction of sp³-hybridized carbons (Fsp3) is 0.273. The van der Waals surface area contributed by atoms with Crippen molar-refractivity contribution in [3.05, 3.63) is 71.8 Å². The number of anilines is 2. The number of pyridine rings is 1. The summed E-state index contributed by atoms with van der Waals surface area (Å²) >= 11 is 5.75. The molecule has 3 heterocycles. The average Bonchev–Trinajstić information content (AvgIpc) is 3.26. The first-order valence-corrected chi connectivity index (χ1v) is 12.3. The Balaban J connectivity index is 1.85. The second-order valence-corrected chi connectivity index (χ2v) is 9.85. The summed E-state index contributed by atoms with van der Waals surface area (Å²) in [5.41, 5.74) is 4.12. The van der Waals surface area contributed by atoms with Crippen molar-refractivity contribution in [1.29, 1.82) is 0 Å². The summed E-state index contributed by atoms with van der Waals surface area (Å²) in [5, 5.41) is 3.94. The lowest BCUT2D eigenvalue weighted by atomic mass is 10.0. The second kappa shape index (κ2) is 8.44. The highest BCUT2D eigenvalue weighted by molar-refractivity contribution is 7.92. The number of sulfonamides is 1. The molecule has 0 radical (unpaired) electrons. The average molecular weight is 472 g/mol. The third-order valence-corrected chi connectivity index (χ3v) is 6.47. The van der Waals surface area contributed by atoms with Crippen LogP contribution < -0.4 is 19.7 Å². The topological polar surface area (TPSA) is 88.5 Å². The fourth-order valence-electron chi connectivity index (χ4n) is 3.99. The van der Waals surface area contributed by atoms with Crippen molar-refractivity contribution in [1.82, 2.24) is 14.9 Å². The molecule has 4 rings (SSSR count).